The second-order valence-corrected chi connectivity index (χ2v) is 9.91. The van der Waals surface area contributed by atoms with Crippen molar-refractivity contribution in [1.29, 1.82) is 0 Å². The molecule has 35 heavy (non-hydrogen) atoms. The Hall–Kier alpha value is -2.94. The number of rotatable bonds is 7. The van der Waals surface area contributed by atoms with E-state index in [-0.39, 0.29) is 18.4 Å². The van der Waals surface area contributed by atoms with E-state index in [4.69, 9.17) is 16.3 Å². The van der Waals surface area contributed by atoms with Crippen molar-refractivity contribution in [1.82, 2.24) is 10.2 Å². The van der Waals surface area contributed by atoms with Gasteiger partial charge in [0.05, 0.1) is 41.3 Å². The fraction of sp³-hybridized carbons (Fsp3) is 0.423. The zero-order valence-corrected chi connectivity index (χ0v) is 20.1. The van der Waals surface area contributed by atoms with Crippen LogP contribution in [0.5, 0.6) is 0 Å². The SMILES string of the molecule is C[C@H](CO)N1C(=O)[C@@H]2[C@@H](C(=O)NCc3ccccc3)[C@H]3CCC2(O3)C1C(=O)Nc1ccccc1Cl. The molecule has 1 spiro atoms. The lowest BCUT2D eigenvalue weighted by atomic mass is 9.70. The summed E-state index contributed by atoms with van der Waals surface area (Å²) in [6, 6.07) is 14.8. The van der Waals surface area contributed by atoms with E-state index in [1.54, 1.807) is 31.2 Å². The van der Waals surface area contributed by atoms with Crippen LogP contribution >= 0.6 is 11.6 Å². The van der Waals surface area contributed by atoms with E-state index in [0.717, 1.165) is 5.56 Å². The summed E-state index contributed by atoms with van der Waals surface area (Å²) in [7, 11) is 0. The lowest BCUT2D eigenvalue weighted by Crippen LogP contribution is -2.55. The summed E-state index contributed by atoms with van der Waals surface area (Å²) in [6.45, 7) is 1.70. The van der Waals surface area contributed by atoms with E-state index in [1.807, 2.05) is 30.3 Å². The number of aliphatic hydroxyl groups is 1. The lowest BCUT2D eigenvalue weighted by molar-refractivity contribution is -0.143. The van der Waals surface area contributed by atoms with Gasteiger partial charge in [-0.05, 0) is 37.5 Å². The van der Waals surface area contributed by atoms with Crippen LogP contribution in [0.3, 0.4) is 0 Å². The van der Waals surface area contributed by atoms with Crippen molar-refractivity contribution in [2.24, 2.45) is 11.8 Å². The number of hydrogen-bond acceptors (Lipinski definition) is 5. The van der Waals surface area contributed by atoms with Gasteiger partial charge in [-0.2, -0.15) is 0 Å². The molecule has 184 valence electrons. The molecule has 3 saturated heterocycles. The second kappa shape index (κ2) is 9.26. The van der Waals surface area contributed by atoms with Gasteiger partial charge in [0, 0.05) is 6.54 Å². The van der Waals surface area contributed by atoms with Crippen molar-refractivity contribution in [3.05, 3.63) is 65.2 Å². The van der Waals surface area contributed by atoms with Gasteiger partial charge in [0.1, 0.15) is 11.6 Å². The van der Waals surface area contributed by atoms with Crippen LogP contribution in [0, 0.1) is 11.8 Å². The molecule has 2 unspecified atom stereocenters. The van der Waals surface area contributed by atoms with Crippen LogP contribution in [-0.4, -0.2) is 58.1 Å². The van der Waals surface area contributed by atoms with Gasteiger partial charge in [-0.3, -0.25) is 14.4 Å². The Bertz CT molecular complexity index is 1140. The van der Waals surface area contributed by atoms with E-state index < -0.39 is 41.5 Å². The Balaban J connectivity index is 1.44. The fourth-order valence-corrected chi connectivity index (χ4v) is 6.10. The molecular weight excluding hydrogens is 470 g/mol. The maximum Gasteiger partial charge on any atom is 0.250 e. The first kappa shape index (κ1) is 23.8. The predicted octanol–water partition coefficient (Wildman–Crippen LogP) is 2.35. The van der Waals surface area contributed by atoms with Crippen LogP contribution in [0.15, 0.2) is 54.6 Å². The number of aliphatic hydroxyl groups excluding tert-OH is 1. The van der Waals surface area contributed by atoms with Crippen molar-refractivity contribution >= 4 is 35.0 Å². The van der Waals surface area contributed by atoms with Gasteiger partial charge in [-0.15, -0.1) is 0 Å². The molecule has 3 fully saturated rings. The number of amides is 3. The second-order valence-electron chi connectivity index (χ2n) is 9.51. The molecule has 3 heterocycles. The molecule has 0 aromatic heterocycles. The normalized spacial score (nSPS) is 29.7. The number of ether oxygens (including phenoxy) is 1. The maximum absolute atomic E-state index is 13.7. The first-order valence-corrected chi connectivity index (χ1v) is 12.2. The number of hydrogen-bond donors (Lipinski definition) is 3. The molecule has 3 aliphatic rings. The molecule has 2 bridgehead atoms. The molecule has 9 heteroatoms. The van der Waals surface area contributed by atoms with Gasteiger partial charge in [0.2, 0.25) is 17.7 Å². The topological polar surface area (TPSA) is 108 Å². The quantitative estimate of drug-likeness (QED) is 0.544. The Morgan fingerprint density at radius 3 is 2.60 bits per heavy atom. The Labute approximate surface area is 208 Å². The monoisotopic (exact) mass is 497 g/mol. The molecule has 6 atom stereocenters. The molecular formula is C26H28ClN3O5. The molecule has 3 amide bonds. The van der Waals surface area contributed by atoms with E-state index in [9.17, 15) is 19.5 Å². The highest BCUT2D eigenvalue weighted by Gasteiger charge is 2.74. The van der Waals surface area contributed by atoms with Gasteiger partial charge in [0.25, 0.3) is 0 Å². The number of anilines is 1. The average molecular weight is 498 g/mol. The maximum atomic E-state index is 13.7. The summed E-state index contributed by atoms with van der Waals surface area (Å²) in [5.74, 6) is -2.55. The third kappa shape index (κ3) is 3.90. The predicted molar refractivity (Wildman–Crippen MR) is 129 cm³/mol. The van der Waals surface area contributed by atoms with Crippen molar-refractivity contribution in [2.75, 3.05) is 11.9 Å². The number of benzene rings is 2. The van der Waals surface area contributed by atoms with Crippen molar-refractivity contribution < 1.29 is 24.2 Å². The van der Waals surface area contributed by atoms with Crippen molar-refractivity contribution in [2.45, 2.75) is 50.1 Å². The molecule has 2 aromatic rings. The van der Waals surface area contributed by atoms with Crippen LogP contribution < -0.4 is 10.6 Å². The molecule has 0 aliphatic carbocycles. The van der Waals surface area contributed by atoms with Crippen LogP contribution in [0.2, 0.25) is 5.02 Å². The van der Waals surface area contributed by atoms with Crippen LogP contribution in [0.4, 0.5) is 5.69 Å². The Kier molecular flexibility index (Phi) is 6.29. The van der Waals surface area contributed by atoms with Crippen LogP contribution in [0.25, 0.3) is 0 Å². The minimum atomic E-state index is -1.13. The zero-order chi connectivity index (χ0) is 24.7. The van der Waals surface area contributed by atoms with Crippen LogP contribution in [0.1, 0.15) is 25.3 Å². The number of halogens is 1. The summed E-state index contributed by atoms with van der Waals surface area (Å²) in [5, 5.41) is 16.0. The van der Waals surface area contributed by atoms with Gasteiger partial charge in [0.15, 0.2) is 0 Å². The first-order chi connectivity index (χ1) is 16.9. The number of nitrogens with zero attached hydrogens (tertiary/aromatic N) is 1. The van der Waals surface area contributed by atoms with E-state index >= 15 is 0 Å². The number of fused-ring (bicyclic) bond motifs is 1. The first-order valence-electron chi connectivity index (χ1n) is 11.8. The Morgan fingerprint density at radius 1 is 1.17 bits per heavy atom. The summed E-state index contributed by atoms with van der Waals surface area (Å²) in [4.78, 5) is 42.1. The lowest BCUT2D eigenvalue weighted by Gasteiger charge is -2.35. The van der Waals surface area contributed by atoms with Crippen molar-refractivity contribution in [3.63, 3.8) is 0 Å². The minimum Gasteiger partial charge on any atom is -0.394 e. The van der Waals surface area contributed by atoms with E-state index in [1.165, 1.54) is 4.90 Å². The highest BCUT2D eigenvalue weighted by molar-refractivity contribution is 6.33. The van der Waals surface area contributed by atoms with Crippen LogP contribution in [-0.2, 0) is 25.7 Å². The third-order valence-corrected chi connectivity index (χ3v) is 7.80. The zero-order valence-electron chi connectivity index (χ0n) is 19.3. The summed E-state index contributed by atoms with van der Waals surface area (Å²) >= 11 is 6.25. The van der Waals surface area contributed by atoms with Crippen molar-refractivity contribution in [3.8, 4) is 0 Å². The third-order valence-electron chi connectivity index (χ3n) is 7.47. The highest BCUT2D eigenvalue weighted by Crippen LogP contribution is 2.58. The number of para-hydroxylation sites is 1. The van der Waals surface area contributed by atoms with Gasteiger partial charge >= 0.3 is 0 Å². The average Bonchev–Trinajstić information content (AvgIpc) is 3.51. The van der Waals surface area contributed by atoms with Gasteiger partial charge in [-0.25, -0.2) is 0 Å². The Morgan fingerprint density at radius 2 is 1.89 bits per heavy atom. The number of nitrogens with one attached hydrogen (secondary N) is 2. The number of likely N-dealkylation sites (tertiary alicyclic amines) is 1. The highest BCUT2D eigenvalue weighted by atomic mass is 35.5. The largest absolute Gasteiger partial charge is 0.394 e. The summed E-state index contributed by atoms with van der Waals surface area (Å²) in [6.07, 6.45) is 0.609. The van der Waals surface area contributed by atoms with E-state index in [2.05, 4.69) is 10.6 Å². The summed E-state index contributed by atoms with van der Waals surface area (Å²) in [5.41, 5.74) is 0.239. The standard InChI is InChI=1S/C26H28ClN3O5/c1-15(14-31)30-22(24(33)29-18-10-6-5-9-17(18)27)26-12-11-19(35-26)20(21(26)25(30)34)23(32)28-13-16-7-3-2-4-8-16/h2-10,15,19-22,31H,11-14H2,1H3,(H,28,32)(H,29,33)/t15-,19-,20+,21+,22?,26?/m1/s1. The smallest absolute Gasteiger partial charge is 0.250 e. The fourth-order valence-electron chi connectivity index (χ4n) is 5.92. The van der Waals surface area contributed by atoms with Gasteiger partial charge in [-0.1, -0.05) is 54.1 Å². The summed E-state index contributed by atoms with van der Waals surface area (Å²) < 4.78 is 6.37. The molecule has 0 radical (unpaired) electrons. The molecule has 3 aliphatic heterocycles. The van der Waals surface area contributed by atoms with E-state index in [0.29, 0.717) is 30.1 Å². The molecule has 3 N–H and O–H groups in total. The molecule has 5 rings (SSSR count). The number of carbonyl (C=O) groups is 3. The number of carbonyl (C=O) groups excluding carboxylic acids is 3. The minimum absolute atomic E-state index is 0.262. The molecule has 2 aromatic carbocycles. The molecule has 8 nitrogen and oxygen atoms in total. The van der Waals surface area contributed by atoms with Gasteiger partial charge < -0.3 is 25.4 Å². The molecule has 0 saturated carbocycles.